The molecule has 0 spiro atoms. The molecule has 0 atom stereocenters. The van der Waals surface area contributed by atoms with Crippen LogP contribution < -0.4 is 15.4 Å². The van der Waals surface area contributed by atoms with Gasteiger partial charge in [-0.05, 0) is 49.2 Å². The Bertz CT molecular complexity index is 994. The van der Waals surface area contributed by atoms with Crippen molar-refractivity contribution < 1.29 is 9.53 Å². The molecule has 9 heteroatoms. The molecule has 0 bridgehead atoms. The van der Waals surface area contributed by atoms with Crippen LogP contribution in [-0.4, -0.2) is 29.0 Å². The fourth-order valence-corrected chi connectivity index (χ4v) is 4.15. The van der Waals surface area contributed by atoms with Crippen LogP contribution in [0.1, 0.15) is 11.1 Å². The lowest BCUT2D eigenvalue weighted by Crippen LogP contribution is -2.14. The predicted octanol–water partition coefficient (Wildman–Crippen LogP) is 5.29. The highest BCUT2D eigenvalue weighted by Gasteiger charge is 2.12. The number of hydrogen-bond donors (Lipinski definition) is 2. The molecule has 0 fully saturated rings. The SMILES string of the molecule is COc1ccc(Cl)cc1NC(=O)CSc1nnc(Nc2cccc(C)c2C)s1. The van der Waals surface area contributed by atoms with Crippen LogP contribution in [0, 0.1) is 13.8 Å². The Morgan fingerprint density at radius 3 is 2.82 bits per heavy atom. The van der Waals surface area contributed by atoms with Gasteiger partial charge in [-0.2, -0.15) is 0 Å². The predicted molar refractivity (Wildman–Crippen MR) is 116 cm³/mol. The first-order chi connectivity index (χ1) is 13.5. The van der Waals surface area contributed by atoms with Crippen LogP contribution in [0.4, 0.5) is 16.5 Å². The lowest BCUT2D eigenvalue weighted by atomic mass is 10.1. The number of methoxy groups -OCH3 is 1. The van der Waals surface area contributed by atoms with E-state index in [4.69, 9.17) is 16.3 Å². The lowest BCUT2D eigenvalue weighted by Gasteiger charge is -2.10. The van der Waals surface area contributed by atoms with Gasteiger partial charge in [0.1, 0.15) is 5.75 Å². The van der Waals surface area contributed by atoms with Gasteiger partial charge < -0.3 is 15.4 Å². The zero-order valence-electron chi connectivity index (χ0n) is 15.6. The molecule has 146 valence electrons. The Morgan fingerprint density at radius 2 is 2.04 bits per heavy atom. The van der Waals surface area contributed by atoms with Crippen molar-refractivity contribution in [2.45, 2.75) is 18.2 Å². The molecule has 0 aliphatic rings. The number of carbonyl (C=O) groups excluding carboxylic acids is 1. The number of hydrogen-bond acceptors (Lipinski definition) is 7. The molecule has 2 N–H and O–H groups in total. The van der Waals surface area contributed by atoms with Crippen LogP contribution in [0.3, 0.4) is 0 Å². The Labute approximate surface area is 176 Å². The van der Waals surface area contributed by atoms with E-state index in [-0.39, 0.29) is 11.7 Å². The number of nitrogens with one attached hydrogen (secondary N) is 2. The van der Waals surface area contributed by atoms with Crippen molar-refractivity contribution >= 4 is 57.1 Å². The first-order valence-corrected chi connectivity index (χ1v) is 10.6. The number of halogens is 1. The molecule has 2 aromatic carbocycles. The number of anilines is 3. The van der Waals surface area contributed by atoms with Gasteiger partial charge in [-0.1, -0.05) is 46.8 Å². The third-order valence-corrected chi connectivity index (χ3v) is 6.22. The van der Waals surface area contributed by atoms with Crippen molar-refractivity contribution in [2.24, 2.45) is 0 Å². The van der Waals surface area contributed by atoms with E-state index in [0.29, 0.717) is 25.9 Å². The summed E-state index contributed by atoms with van der Waals surface area (Å²) in [6, 6.07) is 11.1. The minimum atomic E-state index is -0.176. The summed E-state index contributed by atoms with van der Waals surface area (Å²) in [4.78, 5) is 12.3. The topological polar surface area (TPSA) is 76.1 Å². The van der Waals surface area contributed by atoms with E-state index in [9.17, 15) is 4.79 Å². The first-order valence-electron chi connectivity index (χ1n) is 8.39. The van der Waals surface area contributed by atoms with Crippen LogP contribution in [0.5, 0.6) is 5.75 Å². The summed E-state index contributed by atoms with van der Waals surface area (Å²) in [7, 11) is 1.54. The van der Waals surface area contributed by atoms with Crippen LogP contribution >= 0.6 is 34.7 Å². The number of rotatable bonds is 7. The number of nitrogens with zero attached hydrogens (tertiary/aromatic N) is 2. The quantitative estimate of drug-likeness (QED) is 0.492. The molecule has 6 nitrogen and oxygen atoms in total. The molecule has 1 amide bonds. The number of aryl methyl sites for hydroxylation is 1. The van der Waals surface area contributed by atoms with Crippen molar-refractivity contribution in [3.63, 3.8) is 0 Å². The molecule has 28 heavy (non-hydrogen) atoms. The van der Waals surface area contributed by atoms with Crippen molar-refractivity contribution in [3.05, 3.63) is 52.5 Å². The average molecular weight is 435 g/mol. The van der Waals surface area contributed by atoms with Gasteiger partial charge in [-0.25, -0.2) is 0 Å². The molecule has 0 radical (unpaired) electrons. The summed E-state index contributed by atoms with van der Waals surface area (Å²) in [5, 5.41) is 15.6. The van der Waals surface area contributed by atoms with E-state index < -0.39 is 0 Å². The molecule has 0 saturated carbocycles. The summed E-state index contributed by atoms with van der Waals surface area (Å²) in [6.45, 7) is 4.12. The number of benzene rings is 2. The van der Waals surface area contributed by atoms with Crippen molar-refractivity contribution in [1.82, 2.24) is 10.2 Å². The summed E-state index contributed by atoms with van der Waals surface area (Å²) in [5.74, 6) is 0.580. The van der Waals surface area contributed by atoms with Crippen LogP contribution in [0.25, 0.3) is 0 Å². The summed E-state index contributed by atoms with van der Waals surface area (Å²) < 4.78 is 5.94. The average Bonchev–Trinajstić information content (AvgIpc) is 3.11. The van der Waals surface area contributed by atoms with Crippen molar-refractivity contribution in [2.75, 3.05) is 23.5 Å². The summed E-state index contributed by atoms with van der Waals surface area (Å²) in [6.07, 6.45) is 0. The Kier molecular flexibility index (Phi) is 6.77. The van der Waals surface area contributed by atoms with E-state index in [1.165, 1.54) is 34.2 Å². The molecule has 1 heterocycles. The highest BCUT2D eigenvalue weighted by Crippen LogP contribution is 2.31. The molecule has 0 aliphatic carbocycles. The largest absolute Gasteiger partial charge is 0.495 e. The van der Waals surface area contributed by atoms with E-state index >= 15 is 0 Å². The zero-order valence-corrected chi connectivity index (χ0v) is 18.0. The number of carbonyl (C=O) groups is 1. The standard InChI is InChI=1S/C19H19ClN4O2S2/c1-11-5-4-6-14(12(11)2)22-18-23-24-19(28-18)27-10-17(25)21-15-9-13(20)7-8-16(15)26-3/h4-9H,10H2,1-3H3,(H,21,25)(H,22,23). The molecule has 3 aromatic rings. The van der Waals surface area contributed by atoms with Gasteiger partial charge in [0.05, 0.1) is 18.6 Å². The Hall–Kier alpha value is -2.29. The minimum Gasteiger partial charge on any atom is -0.495 e. The molecule has 3 rings (SSSR count). The van der Waals surface area contributed by atoms with Crippen LogP contribution in [0.2, 0.25) is 5.02 Å². The van der Waals surface area contributed by atoms with Crippen LogP contribution in [0.15, 0.2) is 40.7 Å². The second kappa shape index (κ2) is 9.27. The maximum atomic E-state index is 12.3. The molecule has 0 aliphatic heterocycles. The van der Waals surface area contributed by atoms with E-state index in [2.05, 4.69) is 40.7 Å². The van der Waals surface area contributed by atoms with Gasteiger partial charge in [-0.15, -0.1) is 10.2 Å². The summed E-state index contributed by atoms with van der Waals surface area (Å²) in [5.41, 5.74) is 3.91. The van der Waals surface area contributed by atoms with Gasteiger partial charge in [0.2, 0.25) is 11.0 Å². The van der Waals surface area contributed by atoms with Crippen molar-refractivity contribution in [1.29, 1.82) is 0 Å². The maximum absolute atomic E-state index is 12.3. The van der Waals surface area contributed by atoms with Gasteiger partial charge in [0, 0.05) is 10.7 Å². The highest BCUT2D eigenvalue weighted by atomic mass is 35.5. The lowest BCUT2D eigenvalue weighted by molar-refractivity contribution is -0.113. The zero-order chi connectivity index (χ0) is 20.1. The Morgan fingerprint density at radius 1 is 1.21 bits per heavy atom. The smallest absolute Gasteiger partial charge is 0.234 e. The third kappa shape index (κ3) is 5.15. The minimum absolute atomic E-state index is 0.176. The molecule has 0 saturated heterocycles. The van der Waals surface area contributed by atoms with E-state index in [1.54, 1.807) is 25.3 Å². The summed E-state index contributed by atoms with van der Waals surface area (Å²) >= 11 is 8.71. The van der Waals surface area contributed by atoms with E-state index in [1.807, 2.05) is 12.1 Å². The first kappa shape index (κ1) is 20.4. The monoisotopic (exact) mass is 434 g/mol. The number of thioether (sulfide) groups is 1. The molecular formula is C19H19ClN4O2S2. The molecule has 0 unspecified atom stereocenters. The number of ether oxygens (including phenoxy) is 1. The Balaban J connectivity index is 1.58. The highest BCUT2D eigenvalue weighted by molar-refractivity contribution is 8.01. The molecular weight excluding hydrogens is 416 g/mol. The van der Waals surface area contributed by atoms with Gasteiger partial charge >= 0.3 is 0 Å². The van der Waals surface area contributed by atoms with Gasteiger partial charge in [0.15, 0.2) is 4.34 Å². The van der Waals surface area contributed by atoms with E-state index in [0.717, 1.165) is 5.69 Å². The van der Waals surface area contributed by atoms with Crippen LogP contribution in [-0.2, 0) is 4.79 Å². The fraction of sp³-hybridized carbons (Fsp3) is 0.211. The van der Waals surface area contributed by atoms with Gasteiger partial charge in [-0.3, -0.25) is 4.79 Å². The maximum Gasteiger partial charge on any atom is 0.234 e. The second-order valence-electron chi connectivity index (χ2n) is 5.93. The molecule has 1 aromatic heterocycles. The second-order valence-corrected chi connectivity index (χ2v) is 8.56. The number of amides is 1. The van der Waals surface area contributed by atoms with Gasteiger partial charge in [0.25, 0.3) is 0 Å². The fourth-order valence-electron chi connectivity index (χ4n) is 2.41. The number of aromatic nitrogens is 2. The normalized spacial score (nSPS) is 10.6. The van der Waals surface area contributed by atoms with Crippen molar-refractivity contribution in [3.8, 4) is 5.75 Å². The third-order valence-electron chi connectivity index (χ3n) is 4.02.